The number of esters is 1. The summed E-state index contributed by atoms with van der Waals surface area (Å²) in [7, 11) is 1.34. The summed E-state index contributed by atoms with van der Waals surface area (Å²) in [6.45, 7) is 4.09. The number of nitrogens with one attached hydrogen (secondary N) is 1. The number of nitrogens with zero attached hydrogens (tertiary/aromatic N) is 1. The summed E-state index contributed by atoms with van der Waals surface area (Å²) >= 11 is 1.37. The normalized spacial score (nSPS) is 12.1. The number of rotatable bonds is 5. The number of ether oxygens (including phenoxy) is 3. The number of carbonyl (C=O) groups is 2. The summed E-state index contributed by atoms with van der Waals surface area (Å²) in [4.78, 5) is 31.8. The van der Waals surface area contributed by atoms with Crippen molar-refractivity contribution >= 4 is 39.1 Å². The van der Waals surface area contributed by atoms with Crippen molar-refractivity contribution in [2.75, 3.05) is 19.2 Å². The molecule has 2 aromatic carbocycles. The van der Waals surface area contributed by atoms with E-state index in [9.17, 15) is 9.59 Å². The van der Waals surface area contributed by atoms with Crippen LogP contribution >= 0.6 is 11.3 Å². The summed E-state index contributed by atoms with van der Waals surface area (Å²) in [5.74, 6) is 0.534. The van der Waals surface area contributed by atoms with E-state index < -0.39 is 5.97 Å². The van der Waals surface area contributed by atoms with Crippen molar-refractivity contribution in [2.45, 2.75) is 20.3 Å². The summed E-state index contributed by atoms with van der Waals surface area (Å²) < 4.78 is 15.9. The Hall–Kier alpha value is -3.91. The zero-order valence-corrected chi connectivity index (χ0v) is 19.7. The lowest BCUT2D eigenvalue weighted by Gasteiger charge is -2.11. The molecule has 0 saturated carbocycles. The first-order chi connectivity index (χ1) is 16.5. The maximum atomic E-state index is 13.5. The van der Waals surface area contributed by atoms with Gasteiger partial charge in [0.25, 0.3) is 5.91 Å². The molecule has 0 bridgehead atoms. The van der Waals surface area contributed by atoms with Crippen molar-refractivity contribution in [2.24, 2.45) is 0 Å². The lowest BCUT2D eigenvalue weighted by Crippen LogP contribution is -2.15. The first kappa shape index (κ1) is 21.9. The molecule has 1 aliphatic heterocycles. The van der Waals surface area contributed by atoms with Gasteiger partial charge in [0.15, 0.2) is 11.5 Å². The molecule has 3 heterocycles. The van der Waals surface area contributed by atoms with Gasteiger partial charge in [-0.15, -0.1) is 11.3 Å². The van der Waals surface area contributed by atoms with Gasteiger partial charge in [0.05, 0.1) is 29.4 Å². The van der Waals surface area contributed by atoms with Crippen LogP contribution in [0.25, 0.3) is 22.2 Å². The van der Waals surface area contributed by atoms with E-state index in [0.717, 1.165) is 16.0 Å². The number of hydrogen-bond donors (Lipinski definition) is 1. The van der Waals surface area contributed by atoms with Gasteiger partial charge in [-0.3, -0.25) is 4.79 Å². The van der Waals surface area contributed by atoms with E-state index in [1.165, 1.54) is 18.4 Å². The molecular weight excluding hydrogens is 452 g/mol. The fraction of sp³-hybridized carbons (Fsp3) is 0.192. The van der Waals surface area contributed by atoms with Gasteiger partial charge in [0.1, 0.15) is 5.00 Å². The van der Waals surface area contributed by atoms with Gasteiger partial charge in [-0.2, -0.15) is 0 Å². The molecule has 0 unspecified atom stereocenters. The van der Waals surface area contributed by atoms with Crippen molar-refractivity contribution in [1.29, 1.82) is 0 Å². The SMILES string of the molecule is CCc1c(C)sc(NC(=O)c2cc(-c3ccc4c(c3)OCO4)nc3ccccc23)c1C(=O)OC. The van der Waals surface area contributed by atoms with E-state index in [1.807, 2.05) is 56.3 Å². The van der Waals surface area contributed by atoms with E-state index >= 15 is 0 Å². The number of aromatic nitrogens is 1. The Bertz CT molecular complexity index is 1440. The van der Waals surface area contributed by atoms with Crippen LogP contribution in [0.5, 0.6) is 11.5 Å². The lowest BCUT2D eigenvalue weighted by atomic mass is 10.0. The number of fused-ring (bicyclic) bond motifs is 2. The minimum Gasteiger partial charge on any atom is -0.465 e. The predicted octanol–water partition coefficient (Wildman–Crippen LogP) is 5.60. The quantitative estimate of drug-likeness (QED) is 0.379. The van der Waals surface area contributed by atoms with Crippen LogP contribution < -0.4 is 14.8 Å². The average molecular weight is 475 g/mol. The van der Waals surface area contributed by atoms with Crippen LogP contribution in [0, 0.1) is 6.92 Å². The van der Waals surface area contributed by atoms with Gasteiger partial charge in [-0.1, -0.05) is 25.1 Å². The molecule has 1 aliphatic rings. The molecule has 5 rings (SSSR count). The monoisotopic (exact) mass is 474 g/mol. The number of anilines is 1. The third kappa shape index (κ3) is 3.76. The van der Waals surface area contributed by atoms with Crippen molar-refractivity contribution < 1.29 is 23.8 Å². The zero-order chi connectivity index (χ0) is 23.8. The summed E-state index contributed by atoms with van der Waals surface area (Å²) in [6.07, 6.45) is 0.662. The standard InChI is InChI=1S/C26H22N2O5S/c1-4-16-14(2)34-25(23(16)26(30)31-3)28-24(29)18-12-20(27-19-8-6-5-7-17(18)19)15-9-10-21-22(11-15)33-13-32-21/h5-12H,4,13H2,1-3H3,(H,28,29). The number of para-hydroxylation sites is 1. The number of benzene rings is 2. The van der Waals surface area contributed by atoms with Crippen molar-refractivity contribution in [3.63, 3.8) is 0 Å². The highest BCUT2D eigenvalue weighted by atomic mass is 32.1. The smallest absolute Gasteiger partial charge is 0.341 e. The Morgan fingerprint density at radius 1 is 1.12 bits per heavy atom. The molecular formula is C26H22N2O5S. The van der Waals surface area contributed by atoms with E-state index in [1.54, 1.807) is 6.07 Å². The number of hydrogen-bond acceptors (Lipinski definition) is 7. The van der Waals surface area contributed by atoms with Crippen molar-refractivity contribution in [3.8, 4) is 22.8 Å². The maximum Gasteiger partial charge on any atom is 0.341 e. The third-order valence-corrected chi connectivity index (χ3v) is 6.87. The molecule has 0 aliphatic carbocycles. The van der Waals surface area contributed by atoms with Crippen LogP contribution in [0.2, 0.25) is 0 Å². The molecule has 1 amide bonds. The van der Waals surface area contributed by atoms with Crippen LogP contribution in [0.3, 0.4) is 0 Å². The van der Waals surface area contributed by atoms with Crippen LogP contribution in [-0.4, -0.2) is 30.8 Å². The minimum absolute atomic E-state index is 0.181. The van der Waals surface area contributed by atoms with Gasteiger partial charge in [-0.25, -0.2) is 9.78 Å². The van der Waals surface area contributed by atoms with E-state index in [-0.39, 0.29) is 12.7 Å². The second kappa shape index (κ2) is 8.79. The minimum atomic E-state index is -0.461. The van der Waals surface area contributed by atoms with Gasteiger partial charge in [-0.05, 0) is 49.2 Å². The largest absolute Gasteiger partial charge is 0.465 e. The molecule has 8 heteroatoms. The topological polar surface area (TPSA) is 86.8 Å². The van der Waals surface area contributed by atoms with E-state index in [0.29, 0.717) is 50.6 Å². The molecule has 7 nitrogen and oxygen atoms in total. The molecule has 0 fully saturated rings. The highest BCUT2D eigenvalue weighted by molar-refractivity contribution is 7.16. The summed E-state index contributed by atoms with van der Waals surface area (Å²) in [6, 6.07) is 14.8. The van der Waals surface area contributed by atoms with Crippen LogP contribution in [-0.2, 0) is 11.2 Å². The third-order valence-electron chi connectivity index (χ3n) is 5.81. The van der Waals surface area contributed by atoms with Crippen LogP contribution in [0.4, 0.5) is 5.00 Å². The fourth-order valence-electron chi connectivity index (χ4n) is 4.15. The number of methoxy groups -OCH3 is 1. The van der Waals surface area contributed by atoms with Crippen molar-refractivity contribution in [1.82, 2.24) is 4.98 Å². The predicted molar refractivity (Wildman–Crippen MR) is 131 cm³/mol. The summed E-state index contributed by atoms with van der Waals surface area (Å²) in [5.41, 5.74) is 3.88. The molecule has 0 atom stereocenters. The molecule has 0 saturated heterocycles. The average Bonchev–Trinajstić information content (AvgIpc) is 3.45. The van der Waals surface area contributed by atoms with Crippen LogP contribution in [0.1, 0.15) is 38.1 Å². The number of aryl methyl sites for hydroxylation is 1. The Morgan fingerprint density at radius 3 is 2.71 bits per heavy atom. The van der Waals surface area contributed by atoms with Crippen LogP contribution in [0.15, 0.2) is 48.5 Å². The van der Waals surface area contributed by atoms with Crippen molar-refractivity contribution in [3.05, 3.63) is 70.1 Å². The Labute approximate surface area is 200 Å². The number of thiophene rings is 1. The second-order valence-electron chi connectivity index (χ2n) is 7.78. The molecule has 34 heavy (non-hydrogen) atoms. The number of pyridine rings is 1. The zero-order valence-electron chi connectivity index (χ0n) is 18.9. The number of amides is 1. The first-order valence-corrected chi connectivity index (χ1v) is 11.6. The molecule has 0 spiro atoms. The molecule has 0 radical (unpaired) electrons. The Morgan fingerprint density at radius 2 is 1.91 bits per heavy atom. The number of carbonyl (C=O) groups excluding carboxylic acids is 2. The van der Waals surface area contributed by atoms with E-state index in [4.69, 9.17) is 19.2 Å². The fourth-order valence-corrected chi connectivity index (χ4v) is 5.28. The highest BCUT2D eigenvalue weighted by Gasteiger charge is 2.24. The Balaban J connectivity index is 1.59. The lowest BCUT2D eigenvalue weighted by molar-refractivity contribution is 0.0601. The van der Waals surface area contributed by atoms with E-state index in [2.05, 4.69) is 5.32 Å². The van der Waals surface area contributed by atoms with Gasteiger partial charge >= 0.3 is 5.97 Å². The summed E-state index contributed by atoms with van der Waals surface area (Å²) in [5, 5.41) is 4.16. The second-order valence-corrected chi connectivity index (χ2v) is 9.01. The first-order valence-electron chi connectivity index (χ1n) is 10.8. The molecule has 1 N–H and O–H groups in total. The van der Waals surface area contributed by atoms with Gasteiger partial charge < -0.3 is 19.5 Å². The highest BCUT2D eigenvalue weighted by Crippen LogP contribution is 2.37. The van der Waals surface area contributed by atoms with Gasteiger partial charge in [0.2, 0.25) is 6.79 Å². The van der Waals surface area contributed by atoms with Gasteiger partial charge in [0, 0.05) is 15.8 Å². The maximum absolute atomic E-state index is 13.5. The Kier molecular flexibility index (Phi) is 5.67. The molecule has 4 aromatic rings. The molecule has 172 valence electrons. The molecule has 2 aromatic heterocycles.